The van der Waals surface area contributed by atoms with Gasteiger partial charge in [-0.2, -0.15) is 0 Å². The van der Waals surface area contributed by atoms with Crippen molar-refractivity contribution in [2.45, 2.75) is 12.5 Å². The Labute approximate surface area is 98.2 Å². The van der Waals surface area contributed by atoms with Crippen LogP contribution in [0, 0.1) is 0 Å². The number of carbonyl (C=O) groups is 2. The average Bonchev–Trinajstić information content (AvgIpc) is 2.30. The summed E-state index contributed by atoms with van der Waals surface area (Å²) in [5.74, 6) is -1.70. The molecule has 0 unspecified atom stereocenters. The second-order valence-corrected chi connectivity index (χ2v) is 3.57. The number of nitrogens with two attached hydrogens (primary N) is 1. The molecule has 0 aliphatic carbocycles. The van der Waals surface area contributed by atoms with Crippen LogP contribution in [0.15, 0.2) is 30.9 Å². The van der Waals surface area contributed by atoms with Gasteiger partial charge in [0.15, 0.2) is 5.78 Å². The Balaban J connectivity index is 3.00. The van der Waals surface area contributed by atoms with Gasteiger partial charge in [-0.1, -0.05) is 12.6 Å². The van der Waals surface area contributed by atoms with Crippen LogP contribution in [0.4, 0.5) is 0 Å². The van der Waals surface area contributed by atoms with Crippen molar-refractivity contribution in [3.63, 3.8) is 0 Å². The van der Waals surface area contributed by atoms with Gasteiger partial charge in [0.25, 0.3) is 0 Å². The molecule has 0 spiro atoms. The summed E-state index contributed by atoms with van der Waals surface area (Å²) < 4.78 is 0. The summed E-state index contributed by atoms with van der Waals surface area (Å²) in [6, 6.07) is 3.24. The van der Waals surface area contributed by atoms with Crippen LogP contribution >= 0.6 is 0 Å². The lowest BCUT2D eigenvalue weighted by atomic mass is 10.0. The van der Waals surface area contributed by atoms with Gasteiger partial charge >= 0.3 is 5.97 Å². The molecule has 0 radical (unpaired) electrons. The molecule has 0 bridgehead atoms. The predicted molar refractivity (Wildman–Crippen MR) is 61.9 cm³/mol. The molecule has 5 heteroatoms. The van der Waals surface area contributed by atoms with Crippen LogP contribution in [0.5, 0.6) is 5.75 Å². The number of aromatic hydroxyl groups is 1. The first-order valence-electron chi connectivity index (χ1n) is 4.92. The van der Waals surface area contributed by atoms with E-state index in [9.17, 15) is 14.7 Å². The Bertz CT molecular complexity index is 468. The van der Waals surface area contributed by atoms with Gasteiger partial charge in [-0.25, -0.2) is 0 Å². The van der Waals surface area contributed by atoms with Gasteiger partial charge in [0.2, 0.25) is 0 Å². The van der Waals surface area contributed by atoms with Gasteiger partial charge in [-0.05, 0) is 30.2 Å². The average molecular weight is 235 g/mol. The molecule has 1 aromatic carbocycles. The minimum absolute atomic E-state index is 0.0903. The van der Waals surface area contributed by atoms with E-state index in [0.29, 0.717) is 5.56 Å². The minimum Gasteiger partial charge on any atom is -0.507 e. The number of carboxylic acids is 1. The number of carbonyl (C=O) groups excluding carboxylic acids is 1. The maximum absolute atomic E-state index is 11.4. The monoisotopic (exact) mass is 235 g/mol. The second kappa shape index (κ2) is 5.27. The molecule has 0 amide bonds. The highest BCUT2D eigenvalue weighted by Crippen LogP contribution is 2.20. The first-order chi connectivity index (χ1) is 7.95. The summed E-state index contributed by atoms with van der Waals surface area (Å²) in [6.45, 7) is 3.32. The Kier molecular flexibility index (Phi) is 4.01. The highest BCUT2D eigenvalue weighted by atomic mass is 16.4. The van der Waals surface area contributed by atoms with Crippen LogP contribution in [0.2, 0.25) is 0 Å². The Hall–Kier alpha value is -2.14. The largest absolute Gasteiger partial charge is 0.507 e. The molecular weight excluding hydrogens is 222 g/mol. The molecule has 4 N–H and O–H groups in total. The molecule has 90 valence electrons. The van der Waals surface area contributed by atoms with E-state index in [2.05, 4.69) is 6.58 Å². The first kappa shape index (κ1) is 12.9. The number of ketones is 1. The van der Waals surface area contributed by atoms with E-state index in [-0.39, 0.29) is 17.7 Å². The van der Waals surface area contributed by atoms with Gasteiger partial charge in [-0.3, -0.25) is 9.59 Å². The molecule has 5 nitrogen and oxygen atoms in total. The number of carboxylic acid groups (broad SMARTS) is 1. The van der Waals surface area contributed by atoms with Crippen LogP contribution in [0.3, 0.4) is 0 Å². The molecule has 0 heterocycles. The summed E-state index contributed by atoms with van der Waals surface area (Å²) in [6.07, 6.45) is 1.17. The highest BCUT2D eigenvalue weighted by molar-refractivity contribution is 6.06. The third-order valence-corrected chi connectivity index (χ3v) is 2.28. The maximum Gasteiger partial charge on any atom is 0.320 e. The molecule has 1 rings (SSSR count). The number of benzene rings is 1. The first-order valence-corrected chi connectivity index (χ1v) is 4.92. The van der Waals surface area contributed by atoms with Crippen molar-refractivity contribution in [1.29, 1.82) is 0 Å². The lowest BCUT2D eigenvalue weighted by molar-refractivity contribution is -0.138. The fourth-order valence-electron chi connectivity index (χ4n) is 1.36. The molecule has 0 aliphatic rings. The quantitative estimate of drug-likeness (QED) is 0.515. The summed E-state index contributed by atoms with van der Waals surface area (Å²) in [5, 5.41) is 18.1. The number of hydrogen-bond acceptors (Lipinski definition) is 4. The lowest BCUT2D eigenvalue weighted by Gasteiger charge is -2.08. The molecule has 0 saturated heterocycles. The van der Waals surface area contributed by atoms with Gasteiger partial charge in [0.1, 0.15) is 11.8 Å². The van der Waals surface area contributed by atoms with Gasteiger partial charge < -0.3 is 15.9 Å². The standard InChI is InChI=1S/C12H13NO4/c1-2-10(14)8-5-7(3-4-11(8)15)6-9(13)12(16)17/h2-5,9,15H,1,6,13H2,(H,16,17)/t9-/m0/s1. The van der Waals surface area contributed by atoms with Crippen LogP contribution in [0.25, 0.3) is 0 Å². The number of rotatable bonds is 5. The minimum atomic E-state index is -1.12. The third-order valence-electron chi connectivity index (χ3n) is 2.28. The van der Waals surface area contributed by atoms with Gasteiger partial charge in [-0.15, -0.1) is 0 Å². The summed E-state index contributed by atoms with van der Waals surface area (Å²) in [5.41, 5.74) is 6.04. The van der Waals surface area contributed by atoms with E-state index in [4.69, 9.17) is 10.8 Å². The third kappa shape index (κ3) is 3.15. The highest BCUT2D eigenvalue weighted by Gasteiger charge is 2.14. The van der Waals surface area contributed by atoms with Crippen molar-refractivity contribution in [2.24, 2.45) is 5.73 Å². The van der Waals surface area contributed by atoms with E-state index in [1.807, 2.05) is 0 Å². The van der Waals surface area contributed by atoms with E-state index in [0.717, 1.165) is 6.08 Å². The number of phenolic OH excluding ortho intramolecular Hbond substituents is 1. The normalized spacial score (nSPS) is 11.8. The van der Waals surface area contributed by atoms with E-state index < -0.39 is 17.8 Å². The summed E-state index contributed by atoms with van der Waals surface area (Å²) >= 11 is 0. The van der Waals surface area contributed by atoms with E-state index >= 15 is 0 Å². The molecule has 1 atom stereocenters. The molecule has 0 fully saturated rings. The van der Waals surface area contributed by atoms with Crippen LogP contribution < -0.4 is 5.73 Å². The Morgan fingerprint density at radius 1 is 1.47 bits per heavy atom. The topological polar surface area (TPSA) is 101 Å². The number of aliphatic carboxylic acids is 1. The van der Waals surface area contributed by atoms with Gasteiger partial charge in [0, 0.05) is 0 Å². The van der Waals surface area contributed by atoms with Crippen molar-refractivity contribution in [3.8, 4) is 5.75 Å². The molecule has 0 aromatic heterocycles. The van der Waals surface area contributed by atoms with Crippen LogP contribution in [-0.2, 0) is 11.2 Å². The number of hydrogen-bond donors (Lipinski definition) is 3. The molecule has 1 aromatic rings. The molecular formula is C12H13NO4. The fourth-order valence-corrected chi connectivity index (χ4v) is 1.36. The van der Waals surface area contributed by atoms with Crippen molar-refractivity contribution >= 4 is 11.8 Å². The zero-order chi connectivity index (χ0) is 13.0. The second-order valence-electron chi connectivity index (χ2n) is 3.57. The van der Waals surface area contributed by atoms with E-state index in [1.165, 1.54) is 18.2 Å². The van der Waals surface area contributed by atoms with Crippen molar-refractivity contribution in [3.05, 3.63) is 42.0 Å². The predicted octanol–water partition coefficient (Wildman–Crippen LogP) is 0.715. The summed E-state index contributed by atoms with van der Waals surface area (Å²) in [4.78, 5) is 22.0. The van der Waals surface area contributed by atoms with Gasteiger partial charge in [0.05, 0.1) is 5.56 Å². The number of allylic oxidation sites excluding steroid dienone is 1. The molecule has 0 saturated carbocycles. The summed E-state index contributed by atoms with van der Waals surface area (Å²) in [7, 11) is 0. The van der Waals surface area contributed by atoms with Crippen LogP contribution in [0.1, 0.15) is 15.9 Å². The van der Waals surface area contributed by atoms with Crippen molar-refractivity contribution in [2.75, 3.05) is 0 Å². The SMILES string of the molecule is C=CC(=O)c1cc(C[C@H](N)C(=O)O)ccc1O. The van der Waals surface area contributed by atoms with E-state index in [1.54, 1.807) is 0 Å². The fraction of sp³-hybridized carbons (Fsp3) is 0.167. The zero-order valence-corrected chi connectivity index (χ0v) is 9.09. The maximum atomic E-state index is 11.4. The van der Waals surface area contributed by atoms with Crippen LogP contribution in [-0.4, -0.2) is 28.0 Å². The Morgan fingerprint density at radius 2 is 2.12 bits per heavy atom. The Morgan fingerprint density at radius 3 is 2.65 bits per heavy atom. The lowest BCUT2D eigenvalue weighted by Crippen LogP contribution is -2.32. The smallest absolute Gasteiger partial charge is 0.320 e. The molecule has 17 heavy (non-hydrogen) atoms. The van der Waals surface area contributed by atoms with Crippen molar-refractivity contribution in [1.82, 2.24) is 0 Å². The van der Waals surface area contributed by atoms with Crippen molar-refractivity contribution < 1.29 is 19.8 Å². The molecule has 0 aliphatic heterocycles. The number of phenols is 1. The zero-order valence-electron chi connectivity index (χ0n) is 9.09.